The molecular weight excluding hydrogens is 498 g/mol. The zero-order valence-electron chi connectivity index (χ0n) is 22.6. The predicted molar refractivity (Wildman–Crippen MR) is 145 cm³/mol. The fourth-order valence-corrected chi connectivity index (χ4v) is 6.10. The Morgan fingerprint density at radius 2 is 1.85 bits per heavy atom. The lowest BCUT2D eigenvalue weighted by Gasteiger charge is -2.35. The van der Waals surface area contributed by atoms with Crippen LogP contribution in [0.5, 0.6) is 5.75 Å². The highest BCUT2D eigenvalue weighted by Crippen LogP contribution is 2.41. The molecule has 0 bridgehead atoms. The Morgan fingerprint density at radius 1 is 1.10 bits per heavy atom. The van der Waals surface area contributed by atoms with Crippen molar-refractivity contribution in [3.05, 3.63) is 66.6 Å². The van der Waals surface area contributed by atoms with E-state index in [0.29, 0.717) is 12.4 Å². The Labute approximate surface area is 229 Å². The fraction of sp³-hybridized carbons (Fsp3) is 0.484. The fourth-order valence-electron chi connectivity index (χ4n) is 6.10. The van der Waals surface area contributed by atoms with E-state index in [1.165, 1.54) is 11.6 Å². The normalized spacial score (nSPS) is 22.9. The molecule has 1 aliphatic heterocycles. The van der Waals surface area contributed by atoms with Gasteiger partial charge in [0.25, 0.3) is 0 Å². The van der Waals surface area contributed by atoms with Gasteiger partial charge in [-0.3, -0.25) is 0 Å². The van der Waals surface area contributed by atoms with E-state index in [-0.39, 0.29) is 12.0 Å². The Balaban J connectivity index is 0.00000112. The number of likely N-dealkylation sites (N-methyl/N-ethyl adjacent to an activating group) is 1. The van der Waals surface area contributed by atoms with Crippen molar-refractivity contribution in [2.45, 2.75) is 56.7 Å². The third kappa shape index (κ3) is 6.81. The maximum Gasteiger partial charge on any atom is 0.346 e. The quantitative estimate of drug-likeness (QED) is 0.191. The number of carbonyl (C=O) groups excluding carboxylic acids is 2. The van der Waals surface area contributed by atoms with Crippen LogP contribution in [0.25, 0.3) is 10.8 Å². The SMILES string of the molecule is C[N+]1(CCCOc2cccc3ccccc23)CC[C@@H](OC(=O)C(O)(c2ccco2)C2CCCCC2)C1.O=C[O-]. The number of carbonyl (C=O) groups is 2. The zero-order chi connectivity index (χ0) is 27.7. The summed E-state index contributed by atoms with van der Waals surface area (Å²) < 4.78 is 18.5. The van der Waals surface area contributed by atoms with Crippen LogP contribution in [0.3, 0.4) is 0 Å². The van der Waals surface area contributed by atoms with Crippen molar-refractivity contribution in [3.63, 3.8) is 0 Å². The maximum absolute atomic E-state index is 13.4. The van der Waals surface area contributed by atoms with Gasteiger partial charge in [0, 0.05) is 30.6 Å². The van der Waals surface area contributed by atoms with Gasteiger partial charge in [-0.15, -0.1) is 0 Å². The number of likely N-dealkylation sites (tertiary alicyclic amines) is 1. The Bertz CT molecular complexity index is 1200. The molecule has 3 aromatic rings. The third-order valence-electron chi connectivity index (χ3n) is 8.16. The average Bonchev–Trinajstić information content (AvgIpc) is 3.62. The number of rotatable bonds is 9. The largest absolute Gasteiger partial charge is 0.554 e. The van der Waals surface area contributed by atoms with Crippen LogP contribution in [0, 0.1) is 5.92 Å². The van der Waals surface area contributed by atoms with Crippen molar-refractivity contribution >= 4 is 23.2 Å². The van der Waals surface area contributed by atoms with E-state index in [4.69, 9.17) is 23.8 Å². The Kier molecular flexibility index (Phi) is 9.64. The second kappa shape index (κ2) is 13.1. The van der Waals surface area contributed by atoms with Crippen LogP contribution in [-0.4, -0.2) is 61.4 Å². The van der Waals surface area contributed by atoms with Crippen LogP contribution in [0.1, 0.15) is 50.7 Å². The van der Waals surface area contributed by atoms with E-state index in [1.54, 1.807) is 12.1 Å². The van der Waals surface area contributed by atoms with E-state index in [2.05, 4.69) is 25.2 Å². The smallest absolute Gasteiger partial charge is 0.346 e. The first-order valence-electron chi connectivity index (χ1n) is 13.9. The van der Waals surface area contributed by atoms with Gasteiger partial charge in [-0.2, -0.15) is 0 Å². The van der Waals surface area contributed by atoms with Gasteiger partial charge < -0.3 is 33.4 Å². The summed E-state index contributed by atoms with van der Waals surface area (Å²) >= 11 is 0. The lowest BCUT2D eigenvalue weighted by atomic mass is 9.75. The van der Waals surface area contributed by atoms with Gasteiger partial charge >= 0.3 is 5.97 Å². The molecule has 1 saturated carbocycles. The van der Waals surface area contributed by atoms with Crippen molar-refractivity contribution in [2.75, 3.05) is 33.3 Å². The lowest BCUT2D eigenvalue weighted by Crippen LogP contribution is -2.47. The third-order valence-corrected chi connectivity index (χ3v) is 8.16. The summed E-state index contributed by atoms with van der Waals surface area (Å²) in [7, 11) is 2.21. The van der Waals surface area contributed by atoms with E-state index in [0.717, 1.165) is 80.2 Å². The Morgan fingerprint density at radius 3 is 2.59 bits per heavy atom. The number of benzene rings is 2. The number of nitrogens with zero attached hydrogens (tertiary/aromatic N) is 1. The molecule has 2 heterocycles. The van der Waals surface area contributed by atoms with Crippen LogP contribution in [-0.2, 0) is 19.9 Å². The van der Waals surface area contributed by atoms with E-state index < -0.39 is 18.0 Å². The highest BCUT2D eigenvalue weighted by atomic mass is 16.6. The molecule has 39 heavy (non-hydrogen) atoms. The van der Waals surface area contributed by atoms with E-state index >= 15 is 0 Å². The number of quaternary nitrogens is 1. The molecule has 1 saturated heterocycles. The van der Waals surface area contributed by atoms with Gasteiger partial charge in [-0.25, -0.2) is 4.79 Å². The van der Waals surface area contributed by atoms with Crippen LogP contribution in [0.15, 0.2) is 65.3 Å². The number of carboxylic acid groups (broad SMARTS) is 1. The minimum Gasteiger partial charge on any atom is -0.554 e. The number of esters is 1. The molecule has 8 heteroatoms. The molecule has 0 radical (unpaired) electrons. The van der Waals surface area contributed by atoms with Crippen LogP contribution in [0.4, 0.5) is 0 Å². The second-order valence-electron chi connectivity index (χ2n) is 10.9. The first-order chi connectivity index (χ1) is 18.9. The molecular formula is C31H39NO7. The summed E-state index contributed by atoms with van der Waals surface area (Å²) in [5.74, 6) is 0.504. The molecule has 1 N–H and O–H groups in total. The van der Waals surface area contributed by atoms with Crippen molar-refractivity contribution in [1.29, 1.82) is 0 Å². The monoisotopic (exact) mass is 537 g/mol. The van der Waals surface area contributed by atoms with Crippen molar-refractivity contribution < 1.29 is 38.2 Å². The van der Waals surface area contributed by atoms with Gasteiger partial charge in [0.2, 0.25) is 5.60 Å². The molecule has 0 spiro atoms. The molecule has 2 fully saturated rings. The summed E-state index contributed by atoms with van der Waals surface area (Å²) in [4.78, 5) is 21.6. The number of furan rings is 1. The summed E-state index contributed by atoms with van der Waals surface area (Å²) in [6.45, 7) is 2.78. The minimum absolute atomic E-state index is 0.168. The number of aliphatic hydroxyl groups is 1. The van der Waals surface area contributed by atoms with Crippen LogP contribution in [0.2, 0.25) is 0 Å². The molecule has 5 rings (SSSR count). The van der Waals surface area contributed by atoms with Gasteiger partial charge in [-0.05, 0) is 36.4 Å². The molecule has 3 atom stereocenters. The molecule has 8 nitrogen and oxygen atoms in total. The molecule has 2 aliphatic rings. The lowest BCUT2D eigenvalue weighted by molar-refractivity contribution is -0.899. The van der Waals surface area contributed by atoms with Crippen molar-refractivity contribution in [1.82, 2.24) is 0 Å². The molecule has 2 unspecified atom stereocenters. The van der Waals surface area contributed by atoms with Gasteiger partial charge in [0.1, 0.15) is 18.1 Å². The topological polar surface area (TPSA) is 109 Å². The second-order valence-corrected chi connectivity index (χ2v) is 10.9. The van der Waals surface area contributed by atoms with Crippen LogP contribution >= 0.6 is 0 Å². The number of ether oxygens (including phenoxy) is 2. The van der Waals surface area contributed by atoms with Gasteiger partial charge in [-0.1, -0.05) is 55.7 Å². The molecule has 1 aromatic heterocycles. The number of fused-ring (bicyclic) bond motifs is 1. The summed E-state index contributed by atoms with van der Waals surface area (Å²) in [5.41, 5.74) is -1.71. The molecule has 1 aliphatic carbocycles. The summed E-state index contributed by atoms with van der Waals surface area (Å²) in [5, 5.41) is 22.2. The van der Waals surface area contributed by atoms with Crippen molar-refractivity contribution in [3.8, 4) is 5.75 Å². The van der Waals surface area contributed by atoms with Gasteiger partial charge in [0.15, 0.2) is 6.10 Å². The maximum atomic E-state index is 13.4. The van der Waals surface area contributed by atoms with Crippen LogP contribution < -0.4 is 9.84 Å². The first kappa shape index (κ1) is 28.6. The highest BCUT2D eigenvalue weighted by molar-refractivity contribution is 5.88. The summed E-state index contributed by atoms with van der Waals surface area (Å²) in [6.07, 6.45) is 7.81. The average molecular weight is 538 g/mol. The summed E-state index contributed by atoms with van der Waals surface area (Å²) in [6, 6.07) is 17.8. The molecule has 2 aromatic carbocycles. The Hall–Kier alpha value is -3.36. The minimum atomic E-state index is -1.71. The number of hydrogen-bond donors (Lipinski definition) is 1. The van der Waals surface area contributed by atoms with Crippen molar-refractivity contribution in [2.24, 2.45) is 5.92 Å². The predicted octanol–water partition coefficient (Wildman–Crippen LogP) is 3.80. The highest BCUT2D eigenvalue weighted by Gasteiger charge is 2.51. The van der Waals surface area contributed by atoms with Gasteiger partial charge in [0.05, 0.1) is 33.0 Å². The number of hydrogen-bond acceptors (Lipinski definition) is 7. The zero-order valence-corrected chi connectivity index (χ0v) is 22.6. The first-order valence-corrected chi connectivity index (χ1v) is 13.9. The molecule has 0 amide bonds. The van der Waals surface area contributed by atoms with E-state index in [1.807, 2.05) is 24.3 Å². The standard InChI is InChI=1S/C30H38NO5.CH2O2/c1-31(18-9-21-34-27-15-7-11-23-10-5-6-14-26(23)27)19-17-25(22-31)36-29(32)30(33,28-16-8-20-35-28)24-12-3-2-4-13-24;2-1-3/h5-8,10-11,14-16,20,24-25,33H,2-4,9,12-13,17-19,21-22H2,1H3;1H,(H,2,3)/q+1;/p-1/t25-,30?,31?;/m1./s1. The van der Waals surface area contributed by atoms with E-state index in [9.17, 15) is 9.90 Å². The molecule has 210 valence electrons.